The second-order valence-corrected chi connectivity index (χ2v) is 2.65. The van der Waals surface area contributed by atoms with E-state index >= 15 is 0 Å². The third-order valence-corrected chi connectivity index (χ3v) is 1.62. The van der Waals surface area contributed by atoms with Crippen LogP contribution in [-0.4, -0.2) is 29.7 Å². The Labute approximate surface area is 64.9 Å². The van der Waals surface area contributed by atoms with Crippen LogP contribution in [0, 0.1) is 0 Å². The normalized spacial score (nSPS) is 16.0. The molecule has 0 aliphatic carbocycles. The highest BCUT2D eigenvalue weighted by Crippen LogP contribution is 2.11. The van der Waals surface area contributed by atoms with E-state index in [4.69, 9.17) is 11.6 Å². The molecule has 0 aromatic heterocycles. The van der Waals surface area contributed by atoms with Gasteiger partial charge in [-0.05, 0) is 6.92 Å². The summed E-state index contributed by atoms with van der Waals surface area (Å²) < 4.78 is 4.33. The number of ether oxygens (including phenoxy) is 1. The molecule has 0 aliphatic rings. The van der Waals surface area contributed by atoms with Crippen molar-refractivity contribution in [3.05, 3.63) is 0 Å². The highest BCUT2D eigenvalue weighted by Gasteiger charge is 2.23. The van der Waals surface area contributed by atoms with Crippen molar-refractivity contribution in [2.45, 2.75) is 18.9 Å². The van der Waals surface area contributed by atoms with E-state index in [-0.39, 0.29) is 12.3 Å². The number of methoxy groups -OCH3 is 1. The Hall–Kier alpha value is -0.280. The number of rotatable bonds is 3. The lowest BCUT2D eigenvalue weighted by atomic mass is 10.1. The van der Waals surface area contributed by atoms with Gasteiger partial charge in [-0.25, -0.2) is 0 Å². The van der Waals surface area contributed by atoms with Gasteiger partial charge in [-0.2, -0.15) is 0 Å². The summed E-state index contributed by atoms with van der Waals surface area (Å²) in [5.41, 5.74) is -1.14. The molecule has 0 aromatic carbocycles. The van der Waals surface area contributed by atoms with Crippen LogP contribution >= 0.6 is 11.6 Å². The van der Waals surface area contributed by atoms with E-state index in [2.05, 4.69) is 4.74 Å². The minimum absolute atomic E-state index is 0.0299. The maximum absolute atomic E-state index is 10.5. The maximum Gasteiger partial charge on any atom is 0.308 e. The SMILES string of the molecule is COC(=O)CC(C)(O)CCl. The van der Waals surface area contributed by atoms with Gasteiger partial charge in [-0.15, -0.1) is 11.6 Å². The molecule has 0 saturated heterocycles. The fourth-order valence-electron chi connectivity index (χ4n) is 0.430. The summed E-state index contributed by atoms with van der Waals surface area (Å²) in [7, 11) is 1.27. The summed E-state index contributed by atoms with van der Waals surface area (Å²) in [4.78, 5) is 10.5. The number of alkyl halides is 1. The first-order valence-corrected chi connectivity index (χ1v) is 3.40. The first kappa shape index (κ1) is 9.72. The average molecular weight is 167 g/mol. The molecule has 0 radical (unpaired) electrons. The number of carbonyl (C=O) groups is 1. The molecule has 1 N–H and O–H groups in total. The van der Waals surface area contributed by atoms with Crippen LogP contribution in [0.3, 0.4) is 0 Å². The van der Waals surface area contributed by atoms with Gasteiger partial charge in [0.15, 0.2) is 0 Å². The Balaban J connectivity index is 3.76. The molecule has 3 nitrogen and oxygen atoms in total. The van der Waals surface area contributed by atoms with E-state index in [0.717, 1.165) is 0 Å². The Morgan fingerprint density at radius 2 is 2.30 bits per heavy atom. The fraction of sp³-hybridized carbons (Fsp3) is 0.833. The predicted molar refractivity (Wildman–Crippen MR) is 38.0 cm³/mol. The third-order valence-electron chi connectivity index (χ3n) is 1.04. The molecule has 0 bridgehead atoms. The minimum Gasteiger partial charge on any atom is -0.469 e. The fourth-order valence-corrected chi connectivity index (χ4v) is 0.525. The maximum atomic E-state index is 10.5. The summed E-state index contributed by atoms with van der Waals surface area (Å²) in [6, 6.07) is 0. The second-order valence-electron chi connectivity index (χ2n) is 2.38. The zero-order valence-corrected chi connectivity index (χ0v) is 6.81. The summed E-state index contributed by atoms with van der Waals surface area (Å²) >= 11 is 5.34. The van der Waals surface area contributed by atoms with Crippen LogP contribution in [0.5, 0.6) is 0 Å². The standard InChI is InChI=1S/C6H11ClO3/c1-6(9,4-7)3-5(8)10-2/h9H,3-4H2,1-2H3. The zero-order chi connectivity index (χ0) is 8.20. The van der Waals surface area contributed by atoms with Crippen molar-refractivity contribution in [1.82, 2.24) is 0 Å². The molecule has 0 aliphatic heterocycles. The van der Waals surface area contributed by atoms with E-state index in [1.54, 1.807) is 0 Å². The molecule has 0 fully saturated rings. The molecule has 0 spiro atoms. The van der Waals surface area contributed by atoms with Gasteiger partial charge in [0.05, 0.1) is 25.0 Å². The van der Waals surface area contributed by atoms with Gasteiger partial charge in [-0.1, -0.05) is 0 Å². The Kier molecular flexibility index (Phi) is 3.68. The molecule has 1 unspecified atom stereocenters. The summed E-state index contributed by atoms with van der Waals surface area (Å²) in [6.07, 6.45) is -0.0625. The molecule has 4 heteroatoms. The third kappa shape index (κ3) is 3.69. The van der Waals surface area contributed by atoms with Crippen LogP contribution in [0.25, 0.3) is 0 Å². The Morgan fingerprint density at radius 3 is 2.60 bits per heavy atom. The predicted octanol–water partition coefficient (Wildman–Crippen LogP) is 0.539. The molecule has 0 amide bonds. The molecular formula is C6H11ClO3. The smallest absolute Gasteiger partial charge is 0.308 e. The van der Waals surface area contributed by atoms with Crippen LogP contribution in [0.2, 0.25) is 0 Å². The number of halogens is 1. The first-order valence-electron chi connectivity index (χ1n) is 2.87. The number of aliphatic hydroxyl groups is 1. The number of hydrogen-bond acceptors (Lipinski definition) is 3. The van der Waals surface area contributed by atoms with Crippen LogP contribution in [0.15, 0.2) is 0 Å². The number of hydrogen-bond donors (Lipinski definition) is 1. The van der Waals surface area contributed by atoms with Crippen LogP contribution < -0.4 is 0 Å². The van der Waals surface area contributed by atoms with Gasteiger partial charge < -0.3 is 9.84 Å². The van der Waals surface area contributed by atoms with Crippen molar-refractivity contribution < 1.29 is 14.6 Å². The minimum atomic E-state index is -1.14. The molecule has 60 valence electrons. The highest BCUT2D eigenvalue weighted by atomic mass is 35.5. The lowest BCUT2D eigenvalue weighted by Gasteiger charge is -2.17. The lowest BCUT2D eigenvalue weighted by molar-refractivity contribution is -0.144. The summed E-state index contributed by atoms with van der Waals surface area (Å²) in [5, 5.41) is 9.19. The largest absolute Gasteiger partial charge is 0.469 e. The van der Waals surface area contributed by atoms with Crippen LogP contribution in [-0.2, 0) is 9.53 Å². The van der Waals surface area contributed by atoms with E-state index < -0.39 is 11.6 Å². The van der Waals surface area contributed by atoms with Gasteiger partial charge in [0, 0.05) is 0 Å². The monoisotopic (exact) mass is 166 g/mol. The van der Waals surface area contributed by atoms with E-state index in [9.17, 15) is 9.90 Å². The van der Waals surface area contributed by atoms with Crippen molar-refractivity contribution in [2.75, 3.05) is 13.0 Å². The van der Waals surface area contributed by atoms with E-state index in [0.29, 0.717) is 0 Å². The quantitative estimate of drug-likeness (QED) is 0.492. The van der Waals surface area contributed by atoms with Crippen molar-refractivity contribution in [1.29, 1.82) is 0 Å². The molecule has 10 heavy (non-hydrogen) atoms. The second kappa shape index (κ2) is 3.78. The van der Waals surface area contributed by atoms with E-state index in [1.165, 1.54) is 14.0 Å². The average Bonchev–Trinajstić information content (AvgIpc) is 1.87. The number of esters is 1. The molecule has 1 atom stereocenters. The van der Waals surface area contributed by atoms with Gasteiger partial charge in [0.2, 0.25) is 0 Å². The van der Waals surface area contributed by atoms with Gasteiger partial charge >= 0.3 is 5.97 Å². The molecule has 0 heterocycles. The molecular weight excluding hydrogens is 156 g/mol. The topological polar surface area (TPSA) is 46.5 Å². The molecule has 0 saturated carbocycles. The number of carbonyl (C=O) groups excluding carboxylic acids is 1. The summed E-state index contributed by atoms with van der Waals surface area (Å²) in [5.74, 6) is -0.423. The van der Waals surface area contributed by atoms with Crippen molar-refractivity contribution in [3.63, 3.8) is 0 Å². The molecule has 0 rings (SSSR count). The Bertz CT molecular complexity index is 122. The van der Waals surface area contributed by atoms with Crippen molar-refractivity contribution in [2.24, 2.45) is 0 Å². The van der Waals surface area contributed by atoms with Gasteiger partial charge in [0.25, 0.3) is 0 Å². The Morgan fingerprint density at radius 1 is 1.80 bits per heavy atom. The van der Waals surface area contributed by atoms with Gasteiger partial charge in [0.1, 0.15) is 0 Å². The zero-order valence-electron chi connectivity index (χ0n) is 6.06. The van der Waals surface area contributed by atoms with E-state index in [1.807, 2.05) is 0 Å². The highest BCUT2D eigenvalue weighted by molar-refractivity contribution is 6.18. The van der Waals surface area contributed by atoms with Crippen molar-refractivity contribution >= 4 is 17.6 Å². The first-order chi connectivity index (χ1) is 4.52. The van der Waals surface area contributed by atoms with Gasteiger partial charge in [-0.3, -0.25) is 4.79 Å². The molecule has 0 aromatic rings. The lowest BCUT2D eigenvalue weighted by Crippen LogP contribution is -2.30. The summed E-state index contributed by atoms with van der Waals surface area (Å²) in [6.45, 7) is 1.48. The van der Waals surface area contributed by atoms with Crippen LogP contribution in [0.4, 0.5) is 0 Å². The van der Waals surface area contributed by atoms with Crippen molar-refractivity contribution in [3.8, 4) is 0 Å². The van der Waals surface area contributed by atoms with Crippen LogP contribution in [0.1, 0.15) is 13.3 Å².